The molecule has 112 valence electrons. The van der Waals surface area contributed by atoms with Gasteiger partial charge in [0.05, 0.1) is 25.9 Å². The van der Waals surface area contributed by atoms with Gasteiger partial charge in [0.1, 0.15) is 18.0 Å². The maximum atomic E-state index is 9.54. The van der Waals surface area contributed by atoms with Crippen molar-refractivity contribution in [2.24, 2.45) is 0 Å². The van der Waals surface area contributed by atoms with Gasteiger partial charge in [-0.1, -0.05) is 13.8 Å². The first-order chi connectivity index (χ1) is 9.69. The Morgan fingerprint density at radius 2 is 2.30 bits per heavy atom. The third-order valence-corrected chi connectivity index (χ3v) is 3.49. The predicted octanol–water partition coefficient (Wildman–Crippen LogP) is 1.23. The van der Waals surface area contributed by atoms with E-state index in [1.54, 1.807) is 6.33 Å². The molecule has 0 amide bonds. The van der Waals surface area contributed by atoms with Crippen LogP contribution in [0.1, 0.15) is 32.3 Å². The quantitative estimate of drug-likeness (QED) is 0.845. The average molecular weight is 280 g/mol. The molecular formula is C14H24N4O2. The van der Waals surface area contributed by atoms with E-state index in [0.29, 0.717) is 19.1 Å². The SMILES string of the molecule is CCNc1ncnc(N2CCOCC2CO)c1C(C)C. The number of hydrogen-bond donors (Lipinski definition) is 2. The third-order valence-electron chi connectivity index (χ3n) is 3.49. The fourth-order valence-electron chi connectivity index (χ4n) is 2.54. The van der Waals surface area contributed by atoms with E-state index in [2.05, 4.69) is 41.0 Å². The molecule has 1 atom stereocenters. The Kier molecular flexibility index (Phi) is 5.14. The van der Waals surface area contributed by atoms with E-state index in [1.165, 1.54) is 0 Å². The second-order valence-corrected chi connectivity index (χ2v) is 5.25. The standard InChI is InChI=1S/C14H24N4O2/c1-4-15-13-12(10(2)3)14(17-9-16-13)18-5-6-20-8-11(18)7-19/h9-11,19H,4-8H2,1-3H3,(H,15,16,17). The minimum Gasteiger partial charge on any atom is -0.394 e. The van der Waals surface area contributed by atoms with Gasteiger partial charge in [0.2, 0.25) is 0 Å². The van der Waals surface area contributed by atoms with Crippen LogP contribution in [0, 0.1) is 0 Å². The first kappa shape index (κ1) is 15.0. The zero-order valence-corrected chi connectivity index (χ0v) is 12.5. The number of ether oxygens (including phenoxy) is 1. The smallest absolute Gasteiger partial charge is 0.138 e. The van der Waals surface area contributed by atoms with Crippen molar-refractivity contribution in [3.63, 3.8) is 0 Å². The highest BCUT2D eigenvalue weighted by Crippen LogP contribution is 2.32. The van der Waals surface area contributed by atoms with Crippen molar-refractivity contribution in [2.75, 3.05) is 43.1 Å². The highest BCUT2D eigenvalue weighted by molar-refractivity contribution is 5.61. The second-order valence-electron chi connectivity index (χ2n) is 5.25. The van der Waals surface area contributed by atoms with Crippen molar-refractivity contribution in [3.8, 4) is 0 Å². The molecule has 1 fully saturated rings. The van der Waals surface area contributed by atoms with E-state index in [9.17, 15) is 5.11 Å². The molecule has 1 aromatic rings. The van der Waals surface area contributed by atoms with E-state index >= 15 is 0 Å². The summed E-state index contributed by atoms with van der Waals surface area (Å²) in [6.07, 6.45) is 1.59. The molecule has 20 heavy (non-hydrogen) atoms. The summed E-state index contributed by atoms with van der Waals surface area (Å²) >= 11 is 0. The summed E-state index contributed by atoms with van der Waals surface area (Å²) in [5.74, 6) is 2.10. The van der Waals surface area contributed by atoms with Gasteiger partial charge in [-0.3, -0.25) is 0 Å². The monoisotopic (exact) mass is 280 g/mol. The van der Waals surface area contributed by atoms with Crippen LogP contribution in [0.3, 0.4) is 0 Å². The third kappa shape index (κ3) is 3.02. The van der Waals surface area contributed by atoms with Crippen molar-refractivity contribution in [1.82, 2.24) is 9.97 Å². The van der Waals surface area contributed by atoms with Gasteiger partial charge in [-0.2, -0.15) is 0 Å². The topological polar surface area (TPSA) is 70.5 Å². The molecule has 0 radical (unpaired) electrons. The van der Waals surface area contributed by atoms with E-state index in [-0.39, 0.29) is 12.6 Å². The number of anilines is 2. The molecule has 0 saturated carbocycles. The number of hydrogen-bond acceptors (Lipinski definition) is 6. The fraction of sp³-hybridized carbons (Fsp3) is 0.714. The molecule has 0 aromatic carbocycles. The van der Waals surface area contributed by atoms with Crippen LogP contribution in [0.2, 0.25) is 0 Å². The highest BCUT2D eigenvalue weighted by atomic mass is 16.5. The van der Waals surface area contributed by atoms with Gasteiger partial charge in [-0.15, -0.1) is 0 Å². The van der Waals surface area contributed by atoms with E-state index in [1.807, 2.05) is 0 Å². The Hall–Kier alpha value is -1.40. The molecule has 0 aliphatic carbocycles. The number of nitrogens with zero attached hydrogens (tertiary/aromatic N) is 3. The number of aromatic nitrogens is 2. The van der Waals surface area contributed by atoms with Crippen LogP contribution in [0.25, 0.3) is 0 Å². The molecule has 6 nitrogen and oxygen atoms in total. The Morgan fingerprint density at radius 1 is 1.50 bits per heavy atom. The van der Waals surface area contributed by atoms with E-state index in [4.69, 9.17) is 4.74 Å². The molecule has 1 aliphatic heterocycles. The first-order valence-electron chi connectivity index (χ1n) is 7.23. The minimum atomic E-state index is -0.0365. The Bertz CT molecular complexity index is 439. The summed E-state index contributed by atoms with van der Waals surface area (Å²) < 4.78 is 5.44. The molecule has 1 saturated heterocycles. The Labute approximate surface area is 120 Å². The summed E-state index contributed by atoms with van der Waals surface area (Å²) in [5, 5.41) is 12.8. The van der Waals surface area contributed by atoms with Gasteiger partial charge >= 0.3 is 0 Å². The van der Waals surface area contributed by atoms with Crippen LogP contribution < -0.4 is 10.2 Å². The zero-order valence-electron chi connectivity index (χ0n) is 12.5. The van der Waals surface area contributed by atoms with Gasteiger partial charge < -0.3 is 20.1 Å². The second kappa shape index (κ2) is 6.85. The van der Waals surface area contributed by atoms with Gasteiger partial charge in [-0.05, 0) is 12.8 Å². The van der Waals surface area contributed by atoms with Gasteiger partial charge in [0.25, 0.3) is 0 Å². The van der Waals surface area contributed by atoms with Crippen molar-refractivity contribution >= 4 is 11.6 Å². The lowest BCUT2D eigenvalue weighted by atomic mass is 10.0. The maximum Gasteiger partial charge on any atom is 0.138 e. The maximum absolute atomic E-state index is 9.54. The summed E-state index contributed by atoms with van der Waals surface area (Å²) in [7, 11) is 0. The van der Waals surface area contributed by atoms with Gasteiger partial charge in [0, 0.05) is 18.7 Å². The average Bonchev–Trinajstić information content (AvgIpc) is 2.47. The van der Waals surface area contributed by atoms with Crippen LogP contribution in [-0.2, 0) is 4.74 Å². The highest BCUT2D eigenvalue weighted by Gasteiger charge is 2.27. The fourth-order valence-corrected chi connectivity index (χ4v) is 2.54. The van der Waals surface area contributed by atoms with Crippen LogP contribution in [-0.4, -0.2) is 54.0 Å². The zero-order chi connectivity index (χ0) is 14.5. The van der Waals surface area contributed by atoms with Crippen LogP contribution in [0.15, 0.2) is 6.33 Å². The van der Waals surface area contributed by atoms with Gasteiger partial charge in [-0.25, -0.2) is 9.97 Å². The lowest BCUT2D eigenvalue weighted by Crippen LogP contribution is -2.48. The van der Waals surface area contributed by atoms with Crippen molar-refractivity contribution in [3.05, 3.63) is 11.9 Å². The lowest BCUT2D eigenvalue weighted by molar-refractivity contribution is 0.0721. The minimum absolute atomic E-state index is 0.0365. The lowest BCUT2D eigenvalue weighted by Gasteiger charge is -2.37. The normalized spacial score (nSPS) is 19.4. The van der Waals surface area contributed by atoms with Crippen LogP contribution >= 0.6 is 0 Å². The number of nitrogens with one attached hydrogen (secondary N) is 1. The largest absolute Gasteiger partial charge is 0.394 e. The Morgan fingerprint density at radius 3 is 2.95 bits per heavy atom. The summed E-state index contributed by atoms with van der Waals surface area (Å²) in [5.41, 5.74) is 1.11. The van der Waals surface area contributed by atoms with Crippen molar-refractivity contribution in [2.45, 2.75) is 32.7 Å². The molecule has 1 aromatic heterocycles. The number of aliphatic hydroxyl groups is 1. The van der Waals surface area contributed by atoms with Crippen molar-refractivity contribution in [1.29, 1.82) is 0 Å². The Balaban J connectivity index is 2.41. The van der Waals surface area contributed by atoms with E-state index in [0.717, 1.165) is 30.3 Å². The van der Waals surface area contributed by atoms with Crippen LogP contribution in [0.4, 0.5) is 11.6 Å². The summed E-state index contributed by atoms with van der Waals surface area (Å²) in [6.45, 7) is 9.16. The number of rotatable bonds is 5. The molecule has 0 bridgehead atoms. The molecule has 0 spiro atoms. The molecule has 1 aliphatic rings. The molecular weight excluding hydrogens is 256 g/mol. The number of morpholine rings is 1. The first-order valence-corrected chi connectivity index (χ1v) is 7.23. The predicted molar refractivity (Wildman–Crippen MR) is 79.3 cm³/mol. The summed E-state index contributed by atoms with van der Waals surface area (Å²) in [6, 6.07) is -0.0365. The van der Waals surface area contributed by atoms with Gasteiger partial charge in [0.15, 0.2) is 0 Å². The van der Waals surface area contributed by atoms with Crippen molar-refractivity contribution < 1.29 is 9.84 Å². The van der Waals surface area contributed by atoms with E-state index < -0.39 is 0 Å². The molecule has 2 rings (SSSR count). The summed E-state index contributed by atoms with van der Waals surface area (Å²) in [4.78, 5) is 11.0. The number of aliphatic hydroxyl groups excluding tert-OH is 1. The molecule has 6 heteroatoms. The molecule has 2 heterocycles. The molecule has 2 N–H and O–H groups in total. The van der Waals surface area contributed by atoms with Crippen LogP contribution in [0.5, 0.6) is 0 Å². The molecule has 1 unspecified atom stereocenters.